The first-order chi connectivity index (χ1) is 9.65. The first-order valence-electron chi connectivity index (χ1n) is 7.18. The van der Waals surface area contributed by atoms with Gasteiger partial charge in [0.2, 0.25) is 0 Å². The molecule has 20 heavy (non-hydrogen) atoms. The van der Waals surface area contributed by atoms with E-state index in [1.165, 1.54) is 28.7 Å². The first kappa shape index (κ1) is 15.1. The van der Waals surface area contributed by atoms with Gasteiger partial charge in [0, 0.05) is 5.02 Å². The van der Waals surface area contributed by atoms with E-state index in [2.05, 4.69) is 49.5 Å². The van der Waals surface area contributed by atoms with Gasteiger partial charge in [-0.05, 0) is 54.8 Å². The molecule has 0 amide bonds. The molecule has 0 aliphatic rings. The molecule has 0 fully saturated rings. The van der Waals surface area contributed by atoms with E-state index >= 15 is 0 Å². The predicted octanol–water partition coefficient (Wildman–Crippen LogP) is 4.91. The number of nitrogens with one attached hydrogen (secondary N) is 1. The average Bonchev–Trinajstić information content (AvgIpc) is 2.43. The van der Waals surface area contributed by atoms with Gasteiger partial charge >= 0.3 is 0 Å². The average molecular weight is 288 g/mol. The van der Waals surface area contributed by atoms with Crippen LogP contribution in [0.3, 0.4) is 0 Å². The number of halogens is 1. The van der Waals surface area contributed by atoms with E-state index in [0.717, 1.165) is 11.4 Å². The SMILES string of the molecule is CCCc1cccc(C(NC)c2ccc(Cl)cc2C)c1. The fourth-order valence-corrected chi connectivity index (χ4v) is 2.91. The Morgan fingerprint density at radius 3 is 2.60 bits per heavy atom. The minimum absolute atomic E-state index is 0.212. The Hall–Kier alpha value is -1.31. The molecule has 2 rings (SSSR count). The molecule has 2 aromatic rings. The maximum Gasteiger partial charge on any atom is 0.0577 e. The molecule has 0 spiro atoms. The Labute approximate surface area is 127 Å². The highest BCUT2D eigenvalue weighted by Crippen LogP contribution is 2.27. The van der Waals surface area contributed by atoms with Gasteiger partial charge in [-0.25, -0.2) is 0 Å². The van der Waals surface area contributed by atoms with Crippen LogP contribution in [0.25, 0.3) is 0 Å². The van der Waals surface area contributed by atoms with Gasteiger partial charge in [-0.15, -0.1) is 0 Å². The van der Waals surface area contributed by atoms with Crippen LogP contribution in [0.4, 0.5) is 0 Å². The van der Waals surface area contributed by atoms with Gasteiger partial charge < -0.3 is 5.32 Å². The van der Waals surface area contributed by atoms with Crippen molar-refractivity contribution < 1.29 is 0 Å². The second kappa shape index (κ2) is 6.92. The number of hydrogen-bond acceptors (Lipinski definition) is 1. The molecule has 0 saturated heterocycles. The summed E-state index contributed by atoms with van der Waals surface area (Å²) in [6, 6.07) is 15.2. The van der Waals surface area contributed by atoms with Crippen LogP contribution in [0.2, 0.25) is 5.02 Å². The lowest BCUT2D eigenvalue weighted by atomic mass is 9.93. The largest absolute Gasteiger partial charge is 0.309 e. The van der Waals surface area contributed by atoms with Crippen molar-refractivity contribution in [2.24, 2.45) is 0 Å². The highest BCUT2D eigenvalue weighted by atomic mass is 35.5. The number of hydrogen-bond donors (Lipinski definition) is 1. The van der Waals surface area contributed by atoms with Crippen molar-refractivity contribution in [3.05, 3.63) is 69.7 Å². The Bertz CT molecular complexity index is 577. The zero-order valence-corrected chi connectivity index (χ0v) is 13.2. The molecule has 0 aliphatic heterocycles. The molecule has 106 valence electrons. The van der Waals surface area contributed by atoms with Gasteiger partial charge in [-0.2, -0.15) is 0 Å². The van der Waals surface area contributed by atoms with Gasteiger partial charge in [0.1, 0.15) is 0 Å². The van der Waals surface area contributed by atoms with Crippen LogP contribution in [-0.4, -0.2) is 7.05 Å². The zero-order chi connectivity index (χ0) is 14.5. The Kier molecular flexibility index (Phi) is 5.22. The molecule has 2 aromatic carbocycles. The molecule has 1 unspecified atom stereocenters. The van der Waals surface area contributed by atoms with Gasteiger partial charge in [-0.1, -0.05) is 55.3 Å². The van der Waals surface area contributed by atoms with Gasteiger partial charge in [0.15, 0.2) is 0 Å². The lowest BCUT2D eigenvalue weighted by molar-refractivity contribution is 0.686. The quantitative estimate of drug-likeness (QED) is 0.824. The molecule has 0 aliphatic carbocycles. The van der Waals surface area contributed by atoms with Crippen molar-refractivity contribution in [2.75, 3.05) is 7.05 Å². The number of rotatable bonds is 5. The van der Waals surface area contributed by atoms with Crippen LogP contribution in [0.5, 0.6) is 0 Å². The summed E-state index contributed by atoms with van der Waals surface area (Å²) in [7, 11) is 2.01. The van der Waals surface area contributed by atoms with Gasteiger partial charge in [0.25, 0.3) is 0 Å². The minimum Gasteiger partial charge on any atom is -0.309 e. The van der Waals surface area contributed by atoms with Crippen molar-refractivity contribution >= 4 is 11.6 Å². The lowest BCUT2D eigenvalue weighted by Gasteiger charge is -2.20. The number of aryl methyl sites for hydroxylation is 2. The van der Waals surface area contributed by atoms with Crippen molar-refractivity contribution in [1.29, 1.82) is 0 Å². The zero-order valence-electron chi connectivity index (χ0n) is 12.4. The molecule has 1 N–H and O–H groups in total. The highest BCUT2D eigenvalue weighted by molar-refractivity contribution is 6.30. The summed E-state index contributed by atoms with van der Waals surface area (Å²) in [5.74, 6) is 0. The molecule has 0 aromatic heterocycles. The Morgan fingerprint density at radius 1 is 1.15 bits per heavy atom. The van der Waals surface area contributed by atoms with E-state index in [1.54, 1.807) is 0 Å². The lowest BCUT2D eigenvalue weighted by Crippen LogP contribution is -2.18. The van der Waals surface area contributed by atoms with Crippen LogP contribution in [-0.2, 0) is 6.42 Å². The second-order valence-corrected chi connectivity index (χ2v) is 5.65. The summed E-state index contributed by atoms with van der Waals surface area (Å²) in [6.45, 7) is 4.33. The Balaban J connectivity index is 2.38. The van der Waals surface area contributed by atoms with E-state index in [-0.39, 0.29) is 6.04 Å². The van der Waals surface area contributed by atoms with Crippen LogP contribution in [0, 0.1) is 6.92 Å². The molecule has 0 radical (unpaired) electrons. The van der Waals surface area contributed by atoms with Crippen LogP contribution >= 0.6 is 11.6 Å². The van der Waals surface area contributed by atoms with Crippen molar-refractivity contribution in [3.8, 4) is 0 Å². The fraction of sp³-hybridized carbons (Fsp3) is 0.333. The van der Waals surface area contributed by atoms with Crippen LogP contribution in [0.15, 0.2) is 42.5 Å². The molecule has 0 heterocycles. The third-order valence-corrected chi connectivity index (χ3v) is 3.89. The molecule has 0 saturated carbocycles. The highest BCUT2D eigenvalue weighted by Gasteiger charge is 2.14. The molecular weight excluding hydrogens is 266 g/mol. The first-order valence-corrected chi connectivity index (χ1v) is 7.55. The summed E-state index contributed by atoms with van der Waals surface area (Å²) in [5, 5.41) is 4.21. The predicted molar refractivity (Wildman–Crippen MR) is 87.5 cm³/mol. The maximum absolute atomic E-state index is 6.06. The van der Waals surface area contributed by atoms with Crippen molar-refractivity contribution in [1.82, 2.24) is 5.32 Å². The van der Waals surface area contributed by atoms with Gasteiger partial charge in [0.05, 0.1) is 6.04 Å². The van der Waals surface area contributed by atoms with E-state index in [9.17, 15) is 0 Å². The standard InChI is InChI=1S/C18H22ClN/c1-4-6-14-7-5-8-15(12-14)18(20-3)17-10-9-16(19)11-13(17)2/h5,7-12,18,20H,4,6H2,1-3H3. The summed E-state index contributed by atoms with van der Waals surface area (Å²) in [4.78, 5) is 0. The topological polar surface area (TPSA) is 12.0 Å². The minimum atomic E-state index is 0.212. The summed E-state index contributed by atoms with van der Waals surface area (Å²) in [6.07, 6.45) is 2.30. The molecule has 0 bridgehead atoms. The van der Waals surface area contributed by atoms with Crippen molar-refractivity contribution in [2.45, 2.75) is 32.7 Å². The van der Waals surface area contributed by atoms with E-state index in [1.807, 2.05) is 19.2 Å². The summed E-state index contributed by atoms with van der Waals surface area (Å²) < 4.78 is 0. The second-order valence-electron chi connectivity index (χ2n) is 5.22. The van der Waals surface area contributed by atoms with E-state index in [4.69, 9.17) is 11.6 Å². The Morgan fingerprint density at radius 2 is 1.95 bits per heavy atom. The summed E-state index contributed by atoms with van der Waals surface area (Å²) in [5.41, 5.74) is 5.21. The molecular formula is C18H22ClN. The number of benzene rings is 2. The third-order valence-electron chi connectivity index (χ3n) is 3.65. The smallest absolute Gasteiger partial charge is 0.0577 e. The maximum atomic E-state index is 6.06. The van der Waals surface area contributed by atoms with Crippen LogP contribution in [0.1, 0.15) is 41.6 Å². The third kappa shape index (κ3) is 3.41. The fourth-order valence-electron chi connectivity index (χ4n) is 2.68. The van der Waals surface area contributed by atoms with E-state index < -0.39 is 0 Å². The molecule has 1 nitrogen and oxygen atoms in total. The van der Waals surface area contributed by atoms with E-state index in [0.29, 0.717) is 0 Å². The molecule has 1 atom stereocenters. The van der Waals surface area contributed by atoms with Gasteiger partial charge in [-0.3, -0.25) is 0 Å². The van der Waals surface area contributed by atoms with Crippen molar-refractivity contribution in [3.63, 3.8) is 0 Å². The summed E-state index contributed by atoms with van der Waals surface area (Å²) >= 11 is 6.06. The normalized spacial score (nSPS) is 12.4. The monoisotopic (exact) mass is 287 g/mol. The van der Waals surface area contributed by atoms with Crippen LogP contribution < -0.4 is 5.32 Å². The molecule has 2 heteroatoms.